The van der Waals surface area contributed by atoms with Crippen molar-refractivity contribution in [1.29, 1.82) is 0 Å². The number of amides is 1. The van der Waals surface area contributed by atoms with Crippen molar-refractivity contribution < 1.29 is 9.32 Å². The van der Waals surface area contributed by atoms with Gasteiger partial charge in [-0.2, -0.15) is 16.3 Å². The topological polar surface area (TPSA) is 59.2 Å². The van der Waals surface area contributed by atoms with Crippen LogP contribution in [-0.2, 0) is 11.2 Å². The monoisotopic (exact) mass is 305 g/mol. The molecule has 0 saturated carbocycles. The number of hydrogen-bond donors (Lipinski definition) is 0. The Labute approximate surface area is 128 Å². The molecule has 1 amide bonds. The molecule has 3 rings (SSSR count). The summed E-state index contributed by atoms with van der Waals surface area (Å²) < 4.78 is 5.22. The molecule has 0 atom stereocenters. The van der Waals surface area contributed by atoms with E-state index in [0.29, 0.717) is 24.6 Å². The van der Waals surface area contributed by atoms with Crippen LogP contribution in [0.4, 0.5) is 0 Å². The predicted octanol–water partition coefficient (Wildman–Crippen LogP) is 2.99. The number of carbonyl (C=O) groups is 1. The molecule has 0 aliphatic carbocycles. The van der Waals surface area contributed by atoms with Gasteiger partial charge in [-0.1, -0.05) is 12.1 Å². The predicted molar refractivity (Wildman–Crippen MR) is 80.9 cm³/mol. The third-order valence-electron chi connectivity index (χ3n) is 3.94. The molecule has 1 aliphatic rings. The number of aryl methyl sites for hydroxylation is 1. The van der Waals surface area contributed by atoms with Crippen LogP contribution in [0.5, 0.6) is 0 Å². The Hall–Kier alpha value is -1.69. The summed E-state index contributed by atoms with van der Waals surface area (Å²) >= 11 is 1.60. The summed E-state index contributed by atoms with van der Waals surface area (Å²) in [6.07, 6.45) is 3.17. The fourth-order valence-corrected chi connectivity index (χ4v) is 3.13. The number of piperidine rings is 1. The maximum Gasteiger partial charge on any atom is 0.227 e. The summed E-state index contributed by atoms with van der Waals surface area (Å²) in [6, 6.07) is 1.96. The van der Waals surface area contributed by atoms with Gasteiger partial charge in [-0.3, -0.25) is 4.79 Å². The lowest BCUT2D eigenvalue weighted by Crippen LogP contribution is -2.38. The van der Waals surface area contributed by atoms with Crippen LogP contribution >= 0.6 is 11.3 Å². The lowest BCUT2D eigenvalue weighted by Gasteiger charge is -2.30. The number of likely N-dealkylation sites (tertiary alicyclic amines) is 1. The van der Waals surface area contributed by atoms with E-state index in [1.165, 1.54) is 0 Å². The Bertz CT molecular complexity index is 586. The van der Waals surface area contributed by atoms with Gasteiger partial charge in [-0.25, -0.2) is 0 Å². The summed E-state index contributed by atoms with van der Waals surface area (Å²) in [4.78, 5) is 18.4. The largest absolute Gasteiger partial charge is 0.343 e. The molecule has 6 heteroatoms. The standard InChI is InChI=1S/C15H19N3O2S/c1-11-4-7-18(8-5-11)14(19)3-2-13-16-15(17-20-13)12-6-9-21-10-12/h6,9-11H,2-5,7-8H2,1H3. The van der Waals surface area contributed by atoms with Gasteiger partial charge >= 0.3 is 0 Å². The molecule has 112 valence electrons. The molecule has 2 aromatic heterocycles. The van der Waals surface area contributed by atoms with Gasteiger partial charge in [0.05, 0.1) is 0 Å². The van der Waals surface area contributed by atoms with Crippen molar-refractivity contribution in [3.63, 3.8) is 0 Å². The number of carbonyl (C=O) groups excluding carboxylic acids is 1. The Morgan fingerprint density at radius 3 is 3.00 bits per heavy atom. The van der Waals surface area contributed by atoms with Crippen molar-refractivity contribution >= 4 is 17.2 Å². The molecule has 3 heterocycles. The van der Waals surface area contributed by atoms with Gasteiger partial charge in [0.25, 0.3) is 0 Å². The van der Waals surface area contributed by atoms with Crippen molar-refractivity contribution in [1.82, 2.24) is 15.0 Å². The van der Waals surface area contributed by atoms with E-state index in [1.807, 2.05) is 21.7 Å². The zero-order valence-electron chi connectivity index (χ0n) is 12.1. The number of thiophene rings is 1. The summed E-state index contributed by atoms with van der Waals surface area (Å²) in [5, 5.41) is 7.91. The lowest BCUT2D eigenvalue weighted by molar-refractivity contribution is -0.132. The van der Waals surface area contributed by atoms with Crippen molar-refractivity contribution in [2.75, 3.05) is 13.1 Å². The number of rotatable bonds is 4. The van der Waals surface area contributed by atoms with Crippen LogP contribution < -0.4 is 0 Å². The Morgan fingerprint density at radius 2 is 2.29 bits per heavy atom. The zero-order valence-corrected chi connectivity index (χ0v) is 12.9. The first-order valence-electron chi connectivity index (χ1n) is 7.35. The molecule has 0 spiro atoms. The smallest absolute Gasteiger partial charge is 0.227 e. The van der Waals surface area contributed by atoms with E-state index < -0.39 is 0 Å². The van der Waals surface area contributed by atoms with Crippen molar-refractivity contribution in [3.8, 4) is 11.4 Å². The molecule has 0 radical (unpaired) electrons. The molecular formula is C15H19N3O2S. The van der Waals surface area contributed by atoms with E-state index in [0.717, 1.165) is 37.4 Å². The van der Waals surface area contributed by atoms with Crippen molar-refractivity contribution in [3.05, 3.63) is 22.7 Å². The third kappa shape index (κ3) is 3.50. The van der Waals surface area contributed by atoms with Crippen molar-refractivity contribution in [2.24, 2.45) is 5.92 Å². The summed E-state index contributed by atoms with van der Waals surface area (Å²) in [5.74, 6) is 2.07. The van der Waals surface area contributed by atoms with E-state index in [4.69, 9.17) is 4.52 Å². The highest BCUT2D eigenvalue weighted by Gasteiger charge is 2.20. The van der Waals surface area contributed by atoms with Gasteiger partial charge in [-0.05, 0) is 30.2 Å². The molecule has 21 heavy (non-hydrogen) atoms. The van der Waals surface area contributed by atoms with Crippen LogP contribution in [-0.4, -0.2) is 34.0 Å². The Balaban J connectivity index is 1.52. The normalized spacial score (nSPS) is 16.3. The van der Waals surface area contributed by atoms with E-state index in [9.17, 15) is 4.79 Å². The van der Waals surface area contributed by atoms with E-state index in [1.54, 1.807) is 11.3 Å². The summed E-state index contributed by atoms with van der Waals surface area (Å²) in [5.41, 5.74) is 0.964. The average molecular weight is 305 g/mol. The second-order valence-corrected chi connectivity index (χ2v) is 6.37. The summed E-state index contributed by atoms with van der Waals surface area (Å²) in [7, 11) is 0. The van der Waals surface area contributed by atoms with Gasteiger partial charge in [0.1, 0.15) is 0 Å². The van der Waals surface area contributed by atoms with E-state index in [-0.39, 0.29) is 5.91 Å². The molecule has 0 N–H and O–H groups in total. The van der Waals surface area contributed by atoms with Gasteiger partial charge in [0.15, 0.2) is 0 Å². The number of hydrogen-bond acceptors (Lipinski definition) is 5. The van der Waals surface area contributed by atoms with Gasteiger partial charge in [0, 0.05) is 36.9 Å². The van der Waals surface area contributed by atoms with E-state index >= 15 is 0 Å². The van der Waals surface area contributed by atoms with Crippen LogP contribution in [0.1, 0.15) is 32.1 Å². The highest BCUT2D eigenvalue weighted by atomic mass is 32.1. The minimum absolute atomic E-state index is 0.192. The first-order valence-corrected chi connectivity index (χ1v) is 8.29. The molecule has 2 aromatic rings. The quantitative estimate of drug-likeness (QED) is 0.871. The average Bonchev–Trinajstić information content (AvgIpc) is 3.16. The first kappa shape index (κ1) is 14.3. The third-order valence-corrected chi connectivity index (χ3v) is 4.62. The Morgan fingerprint density at radius 1 is 1.48 bits per heavy atom. The lowest BCUT2D eigenvalue weighted by atomic mass is 9.99. The minimum atomic E-state index is 0.192. The SMILES string of the molecule is CC1CCN(C(=O)CCc2nc(-c3ccsc3)no2)CC1. The van der Waals surface area contributed by atoms with Crippen LogP contribution in [0.15, 0.2) is 21.3 Å². The summed E-state index contributed by atoms with van der Waals surface area (Å²) in [6.45, 7) is 4.00. The van der Waals surface area contributed by atoms with Crippen LogP contribution in [0.2, 0.25) is 0 Å². The highest BCUT2D eigenvalue weighted by Crippen LogP contribution is 2.20. The second kappa shape index (κ2) is 6.39. The number of nitrogens with zero attached hydrogens (tertiary/aromatic N) is 3. The molecule has 0 unspecified atom stereocenters. The van der Waals surface area contributed by atoms with Crippen LogP contribution in [0.25, 0.3) is 11.4 Å². The van der Waals surface area contributed by atoms with Gasteiger partial charge in [0.2, 0.25) is 17.6 Å². The molecule has 0 aromatic carbocycles. The molecule has 1 fully saturated rings. The minimum Gasteiger partial charge on any atom is -0.343 e. The fourth-order valence-electron chi connectivity index (χ4n) is 2.50. The van der Waals surface area contributed by atoms with Gasteiger partial charge in [-0.15, -0.1) is 0 Å². The zero-order chi connectivity index (χ0) is 14.7. The highest BCUT2D eigenvalue weighted by molar-refractivity contribution is 7.08. The second-order valence-electron chi connectivity index (χ2n) is 5.59. The molecular weight excluding hydrogens is 286 g/mol. The van der Waals surface area contributed by atoms with E-state index in [2.05, 4.69) is 17.1 Å². The van der Waals surface area contributed by atoms with Crippen molar-refractivity contribution in [2.45, 2.75) is 32.6 Å². The fraction of sp³-hybridized carbons (Fsp3) is 0.533. The number of aromatic nitrogens is 2. The first-order chi connectivity index (χ1) is 10.2. The molecule has 5 nitrogen and oxygen atoms in total. The maximum atomic E-state index is 12.2. The van der Waals surface area contributed by atoms with Crippen LogP contribution in [0.3, 0.4) is 0 Å². The maximum absolute atomic E-state index is 12.2. The molecule has 0 bridgehead atoms. The van der Waals surface area contributed by atoms with Gasteiger partial charge < -0.3 is 9.42 Å². The molecule has 1 saturated heterocycles. The molecule has 1 aliphatic heterocycles. The van der Waals surface area contributed by atoms with Crippen LogP contribution in [0, 0.1) is 5.92 Å². The Kier molecular flexibility index (Phi) is 4.34.